The molecule has 6 nitrogen and oxygen atoms in total. The Kier molecular flexibility index (Phi) is 39.5. The van der Waals surface area contributed by atoms with Crippen molar-refractivity contribution in [3.63, 3.8) is 0 Å². The van der Waals surface area contributed by atoms with Crippen LogP contribution >= 0.6 is 0 Å². The van der Waals surface area contributed by atoms with Gasteiger partial charge in [0.05, 0.1) is 18.8 Å². The summed E-state index contributed by atoms with van der Waals surface area (Å²) in [6, 6.07) is -0.996. The van der Waals surface area contributed by atoms with Gasteiger partial charge in [0.2, 0.25) is 5.91 Å². The van der Waals surface area contributed by atoms with Gasteiger partial charge in [-0.1, -0.05) is 212 Å². The Morgan fingerprint density at radius 3 is 1.18 bits per heavy atom. The summed E-state index contributed by atoms with van der Waals surface area (Å²) in [4.78, 5) is 12.5. The summed E-state index contributed by atoms with van der Waals surface area (Å²) in [6.45, 7) is 4.03. The van der Waals surface area contributed by atoms with Crippen molar-refractivity contribution < 1.29 is 25.2 Å². The summed E-state index contributed by atoms with van der Waals surface area (Å²) in [6.07, 6.45) is 44.0. The third-order valence-corrected chi connectivity index (χ3v) is 10.7. The average Bonchev–Trinajstić information content (AvgIpc) is 3.13. The van der Waals surface area contributed by atoms with Crippen molar-refractivity contribution in [2.24, 2.45) is 0 Å². The van der Waals surface area contributed by atoms with Crippen LogP contribution in [0.2, 0.25) is 0 Å². The van der Waals surface area contributed by atoms with Crippen molar-refractivity contribution in [2.45, 2.75) is 263 Å². The molecule has 0 radical (unpaired) electrons. The molecule has 0 aromatic carbocycles. The van der Waals surface area contributed by atoms with Gasteiger partial charge in [0.25, 0.3) is 0 Å². The quantitative estimate of drug-likeness (QED) is 0.0319. The molecule has 0 saturated carbocycles. The normalized spacial score (nSPS) is 14.2. The van der Waals surface area contributed by atoms with Gasteiger partial charge in [-0.3, -0.25) is 4.79 Å². The van der Waals surface area contributed by atoms with Gasteiger partial charge in [-0.15, -0.1) is 0 Å². The second kappa shape index (κ2) is 40.2. The van der Waals surface area contributed by atoms with Crippen LogP contribution in [0.3, 0.4) is 0 Å². The van der Waals surface area contributed by atoms with Crippen molar-refractivity contribution in [2.75, 3.05) is 6.61 Å². The summed E-state index contributed by atoms with van der Waals surface area (Å²) in [7, 11) is 0. The highest BCUT2D eigenvalue weighted by atomic mass is 16.3. The van der Waals surface area contributed by atoms with Crippen molar-refractivity contribution in [3.8, 4) is 0 Å². The zero-order valence-corrected chi connectivity index (χ0v) is 34.1. The molecule has 0 rings (SSSR count). The molecule has 0 aromatic rings. The fraction of sp³-hybridized carbons (Fsp3) is 0.933. The molecule has 5 N–H and O–H groups in total. The molecule has 0 aromatic heterocycles. The molecule has 0 spiro atoms. The highest BCUT2D eigenvalue weighted by Gasteiger charge is 2.28. The van der Waals surface area contributed by atoms with Gasteiger partial charge in [0.15, 0.2) is 0 Å². The second-order valence-electron chi connectivity index (χ2n) is 15.8. The first-order chi connectivity index (χ1) is 25.0. The summed E-state index contributed by atoms with van der Waals surface area (Å²) < 4.78 is 0. The van der Waals surface area contributed by atoms with E-state index in [0.717, 1.165) is 38.5 Å². The minimum Gasteiger partial charge on any atom is -0.394 e. The number of hydrogen-bond donors (Lipinski definition) is 5. The first kappa shape index (κ1) is 50.1. The van der Waals surface area contributed by atoms with E-state index in [1.807, 2.05) is 0 Å². The molecule has 6 heteroatoms. The third kappa shape index (κ3) is 34.6. The smallest absolute Gasteiger partial charge is 0.249 e. The number of aliphatic hydroxyl groups excluding tert-OH is 4. The van der Waals surface area contributed by atoms with Crippen molar-refractivity contribution in [1.29, 1.82) is 0 Å². The summed E-state index contributed by atoms with van der Waals surface area (Å²) in [5.41, 5.74) is 0. The molecule has 4 unspecified atom stereocenters. The average molecular weight is 724 g/mol. The lowest BCUT2D eigenvalue weighted by Crippen LogP contribution is -2.53. The minimum atomic E-state index is -1.28. The van der Waals surface area contributed by atoms with Gasteiger partial charge in [-0.2, -0.15) is 0 Å². The number of nitrogens with one attached hydrogen (secondary N) is 1. The van der Waals surface area contributed by atoms with Gasteiger partial charge >= 0.3 is 0 Å². The summed E-state index contributed by atoms with van der Waals surface area (Å²) >= 11 is 0. The molecule has 0 aliphatic heterocycles. The molecule has 0 heterocycles. The first-order valence-electron chi connectivity index (χ1n) is 22.6. The Morgan fingerprint density at radius 2 is 0.804 bits per heavy atom. The Hall–Kier alpha value is -0.950. The Balaban J connectivity index is 3.68. The molecule has 0 aliphatic carbocycles. The lowest BCUT2D eigenvalue weighted by molar-refractivity contribution is -0.132. The number of aliphatic hydroxyl groups is 4. The maximum atomic E-state index is 12.5. The fourth-order valence-corrected chi connectivity index (χ4v) is 7.11. The van der Waals surface area contributed by atoms with Crippen LogP contribution < -0.4 is 5.32 Å². The number of carbonyl (C=O) groups excluding carboxylic acids is 1. The maximum Gasteiger partial charge on any atom is 0.249 e. The molecule has 51 heavy (non-hydrogen) atoms. The Bertz CT molecular complexity index is 731. The number of allylic oxidation sites excluding steroid dienone is 2. The Morgan fingerprint density at radius 1 is 0.471 bits per heavy atom. The number of rotatable bonds is 41. The molecule has 0 saturated heterocycles. The predicted octanol–water partition coefficient (Wildman–Crippen LogP) is 11.8. The molecule has 0 aliphatic rings. The molecular weight excluding hydrogens is 634 g/mol. The van der Waals surface area contributed by atoms with Crippen LogP contribution in [-0.2, 0) is 4.79 Å². The molecule has 1 amide bonds. The molecule has 304 valence electrons. The van der Waals surface area contributed by atoms with E-state index in [1.165, 1.54) is 173 Å². The van der Waals surface area contributed by atoms with Crippen molar-refractivity contribution in [1.82, 2.24) is 5.32 Å². The van der Waals surface area contributed by atoms with Crippen molar-refractivity contribution >= 4 is 5.91 Å². The van der Waals surface area contributed by atoms with E-state index in [0.29, 0.717) is 12.8 Å². The number of carbonyl (C=O) groups is 1. The maximum absolute atomic E-state index is 12.5. The van der Waals surface area contributed by atoms with E-state index in [9.17, 15) is 25.2 Å². The molecule has 0 bridgehead atoms. The van der Waals surface area contributed by atoms with Gasteiger partial charge in [-0.25, -0.2) is 0 Å². The van der Waals surface area contributed by atoms with Crippen LogP contribution in [0.4, 0.5) is 0 Å². The van der Waals surface area contributed by atoms with E-state index < -0.39 is 36.9 Å². The largest absolute Gasteiger partial charge is 0.394 e. The molecule has 4 atom stereocenters. The highest BCUT2D eigenvalue weighted by Crippen LogP contribution is 2.16. The molecule has 0 fully saturated rings. The van der Waals surface area contributed by atoms with Crippen LogP contribution in [0.1, 0.15) is 239 Å². The standard InChI is InChI=1S/C45H89NO5/c1-3-5-7-9-11-13-15-16-17-18-19-20-21-22-23-24-25-26-27-29-30-32-34-36-38-42(48)44(50)41(40-47)46-45(51)43(49)39-37-35-33-31-28-14-12-10-8-6-4-2/h30,32,41-44,47-50H,3-29,31,33-40H2,1-2H3,(H,46,51)/b32-30+. The predicted molar refractivity (Wildman–Crippen MR) is 219 cm³/mol. The van der Waals surface area contributed by atoms with Gasteiger partial charge < -0.3 is 25.7 Å². The van der Waals surface area contributed by atoms with Crippen LogP contribution in [0, 0.1) is 0 Å². The van der Waals surface area contributed by atoms with Crippen molar-refractivity contribution in [3.05, 3.63) is 12.2 Å². The fourth-order valence-electron chi connectivity index (χ4n) is 7.11. The van der Waals surface area contributed by atoms with E-state index in [4.69, 9.17) is 0 Å². The minimum absolute atomic E-state index is 0.367. The summed E-state index contributed by atoms with van der Waals surface area (Å²) in [5.74, 6) is -0.592. The van der Waals surface area contributed by atoms with Gasteiger partial charge in [0, 0.05) is 0 Å². The monoisotopic (exact) mass is 724 g/mol. The summed E-state index contributed by atoms with van der Waals surface area (Å²) in [5, 5.41) is 43.6. The van der Waals surface area contributed by atoms with E-state index in [-0.39, 0.29) is 0 Å². The number of amides is 1. The van der Waals surface area contributed by atoms with E-state index in [2.05, 4.69) is 31.3 Å². The second-order valence-corrected chi connectivity index (χ2v) is 15.8. The topological polar surface area (TPSA) is 110 Å². The lowest BCUT2D eigenvalue weighted by Gasteiger charge is -2.27. The zero-order chi connectivity index (χ0) is 37.5. The zero-order valence-electron chi connectivity index (χ0n) is 34.1. The van der Waals surface area contributed by atoms with Crippen LogP contribution in [0.15, 0.2) is 12.2 Å². The highest BCUT2D eigenvalue weighted by molar-refractivity contribution is 5.80. The van der Waals surface area contributed by atoms with Crippen LogP contribution in [-0.4, -0.2) is 57.3 Å². The molecular formula is C45H89NO5. The Labute approximate surface area is 317 Å². The van der Waals surface area contributed by atoms with Gasteiger partial charge in [0.1, 0.15) is 12.2 Å². The van der Waals surface area contributed by atoms with E-state index >= 15 is 0 Å². The lowest BCUT2D eigenvalue weighted by atomic mass is 10.00. The van der Waals surface area contributed by atoms with Gasteiger partial charge in [-0.05, 0) is 38.5 Å². The number of hydrogen-bond acceptors (Lipinski definition) is 5. The third-order valence-electron chi connectivity index (χ3n) is 10.7. The SMILES string of the molecule is CCCCCCCCCCCCCCCCCCCCC/C=C/CCCC(O)C(O)C(CO)NC(=O)C(O)CCCCCCCCCCCCC. The number of unbranched alkanes of at least 4 members (excludes halogenated alkanes) is 30. The van der Waals surface area contributed by atoms with Crippen LogP contribution in [0.25, 0.3) is 0 Å². The van der Waals surface area contributed by atoms with E-state index in [1.54, 1.807) is 0 Å². The van der Waals surface area contributed by atoms with Crippen LogP contribution in [0.5, 0.6) is 0 Å². The first-order valence-corrected chi connectivity index (χ1v) is 22.6.